The van der Waals surface area contributed by atoms with Gasteiger partial charge in [-0.25, -0.2) is 25.3 Å². The number of non-ortho nitro benzene ring substituents is 2. The molecule has 4 aromatic carbocycles. The van der Waals surface area contributed by atoms with E-state index >= 15 is 0 Å². The topological polar surface area (TPSA) is 348 Å². The van der Waals surface area contributed by atoms with Crippen molar-refractivity contribution in [2.24, 2.45) is 5.73 Å². The summed E-state index contributed by atoms with van der Waals surface area (Å²) < 4.78 is 80.5. The number of piperidine rings is 2. The number of nitrogens with one attached hydrogen (secondary N) is 5. The Morgan fingerprint density at radius 1 is 0.610 bits per heavy atom. The van der Waals surface area contributed by atoms with E-state index in [1.54, 1.807) is 36.4 Å². The first-order valence-electron chi connectivity index (χ1n) is 23.8. The van der Waals surface area contributed by atoms with Crippen molar-refractivity contribution in [3.63, 3.8) is 0 Å². The fourth-order valence-electron chi connectivity index (χ4n) is 8.24. The highest BCUT2D eigenvalue weighted by Crippen LogP contribution is 2.31. The molecule has 0 radical (unpaired) electrons. The summed E-state index contributed by atoms with van der Waals surface area (Å²) in [5.74, 6) is -1.36. The number of aliphatic hydroxyl groups is 1. The Morgan fingerprint density at radius 3 is 1.45 bits per heavy atom. The molecule has 0 atom stereocenters. The van der Waals surface area contributed by atoms with Gasteiger partial charge in [0.05, 0.1) is 40.2 Å². The molecule has 2 aliphatic rings. The Bertz CT molecular complexity index is 3480. The van der Waals surface area contributed by atoms with Gasteiger partial charge < -0.3 is 32.1 Å². The Morgan fingerprint density at radius 2 is 1.03 bits per heavy atom. The number of thiophene rings is 2. The highest BCUT2D eigenvalue weighted by molar-refractivity contribution is 7.92. The zero-order valence-corrected chi connectivity index (χ0v) is 45.0. The van der Waals surface area contributed by atoms with Crippen LogP contribution in [0.25, 0.3) is 0 Å². The molecule has 8 N–H and O–H groups in total. The second-order valence-electron chi connectivity index (χ2n) is 17.6. The minimum absolute atomic E-state index is 0.0107. The van der Waals surface area contributed by atoms with E-state index in [1.807, 2.05) is 12.1 Å². The molecule has 0 saturated carbocycles. The van der Waals surface area contributed by atoms with E-state index in [1.165, 1.54) is 81.4 Å². The van der Waals surface area contributed by atoms with Crippen molar-refractivity contribution < 1.29 is 49.8 Å². The van der Waals surface area contributed by atoms with E-state index in [2.05, 4.69) is 21.3 Å². The third-order valence-corrected chi connectivity index (χ3v) is 20.9. The number of carbonyl (C=O) groups is 2. The van der Waals surface area contributed by atoms with Crippen LogP contribution in [0.5, 0.6) is 0 Å². The van der Waals surface area contributed by atoms with Crippen LogP contribution < -0.4 is 27.0 Å². The predicted molar refractivity (Wildman–Crippen MR) is 291 cm³/mol. The molecular formula is C49H54N10O13S5. The van der Waals surface area contributed by atoms with E-state index in [0.717, 1.165) is 28.4 Å². The van der Waals surface area contributed by atoms with Crippen molar-refractivity contribution in [1.82, 2.24) is 19.2 Å². The minimum atomic E-state index is -3.74. The Hall–Kier alpha value is -7.18. The molecule has 2 saturated heterocycles. The van der Waals surface area contributed by atoms with Gasteiger partial charge in [0.25, 0.3) is 43.2 Å². The number of amides is 2. The van der Waals surface area contributed by atoms with Crippen LogP contribution in [-0.2, 0) is 43.0 Å². The van der Waals surface area contributed by atoms with E-state index in [9.17, 15) is 55.1 Å². The first kappa shape index (κ1) is 57.5. The number of sulfonamides is 2. The van der Waals surface area contributed by atoms with Crippen LogP contribution >= 0.6 is 22.7 Å². The zero-order chi connectivity index (χ0) is 55.5. The van der Waals surface area contributed by atoms with Crippen molar-refractivity contribution in [3.05, 3.63) is 168 Å². The van der Waals surface area contributed by atoms with Crippen LogP contribution in [-0.4, -0.2) is 117 Å². The summed E-state index contributed by atoms with van der Waals surface area (Å²) in [6, 6.07) is 30.7. The van der Waals surface area contributed by atoms with Gasteiger partial charge in [-0.2, -0.15) is 8.61 Å². The number of sulfone groups is 1. The molecule has 77 heavy (non-hydrogen) atoms. The van der Waals surface area contributed by atoms with E-state index in [4.69, 9.17) is 16.2 Å². The van der Waals surface area contributed by atoms with E-state index in [0.29, 0.717) is 59.8 Å². The van der Waals surface area contributed by atoms with Gasteiger partial charge in [-0.05, 0) is 92.4 Å². The lowest BCUT2D eigenvalue weighted by atomic mass is 10.1. The molecule has 23 nitrogen and oxygen atoms in total. The van der Waals surface area contributed by atoms with E-state index in [-0.39, 0.29) is 85.7 Å². The molecular weight excluding hydrogens is 1100 g/mol. The molecule has 2 amide bonds. The summed E-state index contributed by atoms with van der Waals surface area (Å²) in [7, 11) is -11.0. The molecule has 4 heterocycles. The summed E-state index contributed by atoms with van der Waals surface area (Å²) in [5, 5.41) is 50.4. The number of anilines is 2. The molecule has 28 heteroatoms. The van der Waals surface area contributed by atoms with Gasteiger partial charge in [0, 0.05) is 100 Å². The zero-order valence-electron chi connectivity index (χ0n) is 40.9. The number of hydrogen-bond donors (Lipinski definition) is 7. The molecule has 0 aliphatic carbocycles. The maximum Gasteiger partial charge on any atom is 0.270 e. The number of benzene rings is 4. The number of hydrogen-bond acceptors (Lipinski definition) is 18. The molecule has 2 aliphatic heterocycles. The number of nitro benzene ring substituents is 2. The summed E-state index contributed by atoms with van der Waals surface area (Å²) in [6.45, 7) is 0.992. The van der Waals surface area contributed by atoms with Crippen LogP contribution in [0.3, 0.4) is 0 Å². The van der Waals surface area contributed by atoms with Crippen LogP contribution in [0.2, 0.25) is 0 Å². The van der Waals surface area contributed by atoms with Gasteiger partial charge in [0.15, 0.2) is 9.84 Å². The molecule has 2 aromatic heterocycles. The Kier molecular flexibility index (Phi) is 18.9. The van der Waals surface area contributed by atoms with Gasteiger partial charge in [0.1, 0.15) is 14.3 Å². The first-order chi connectivity index (χ1) is 36.6. The minimum Gasteiger partial charge on any atom is -0.395 e. The van der Waals surface area contributed by atoms with Crippen molar-refractivity contribution >= 4 is 93.0 Å². The Balaban J connectivity index is 0.000000224. The smallest absolute Gasteiger partial charge is 0.270 e. The van der Waals surface area contributed by atoms with Crippen LogP contribution in [0.1, 0.15) is 61.7 Å². The molecule has 0 unspecified atom stereocenters. The number of amidine groups is 1. The summed E-state index contributed by atoms with van der Waals surface area (Å²) >= 11 is 2.13. The third kappa shape index (κ3) is 15.1. The SMILES string of the molecule is N=C(N)c1cccc(NC2CCN(S(=O)(=O)c3ccc(CNC(=O)c4cccc([N+](=O)[O-])c4)s3)CC2)c1.O=C(NCc1ccc(S(=O)(=O)N2CCC(Nc3cccc(S(=O)(=O)CCO)c3)CC2)s1)c1cccc([N+](=O)[O-])c1. The molecule has 2 fully saturated rings. The van der Waals surface area contributed by atoms with Crippen molar-refractivity contribution in [1.29, 1.82) is 5.41 Å². The van der Waals surface area contributed by atoms with Crippen LogP contribution in [0.4, 0.5) is 22.7 Å². The number of nitro groups is 2. The lowest BCUT2D eigenvalue weighted by Gasteiger charge is -2.31. The fraction of sp³-hybridized carbons (Fsp3) is 0.286. The third-order valence-electron chi connectivity index (χ3n) is 12.3. The van der Waals surface area contributed by atoms with E-state index < -0.39 is 58.2 Å². The predicted octanol–water partition coefficient (Wildman–Crippen LogP) is 5.75. The van der Waals surface area contributed by atoms with Crippen LogP contribution in [0.15, 0.2) is 135 Å². The van der Waals surface area contributed by atoms with Crippen molar-refractivity contribution in [3.8, 4) is 0 Å². The molecule has 0 spiro atoms. The molecule has 0 bridgehead atoms. The number of carbonyl (C=O) groups excluding carboxylic acids is 2. The van der Waals surface area contributed by atoms with Gasteiger partial charge >= 0.3 is 0 Å². The number of nitrogens with two attached hydrogens (primary N) is 1. The highest BCUT2D eigenvalue weighted by atomic mass is 32.3. The summed E-state index contributed by atoms with van der Waals surface area (Å²) in [4.78, 5) is 46.9. The lowest BCUT2D eigenvalue weighted by Crippen LogP contribution is -2.42. The maximum atomic E-state index is 13.2. The monoisotopic (exact) mass is 1150 g/mol. The lowest BCUT2D eigenvalue weighted by molar-refractivity contribution is -0.385. The standard InChI is InChI=1S/C25H28N4O8S3.C24H26N6O5S2/c30-13-14-39(34,35)23-6-2-4-20(16-23)27-19-9-11-28(12-10-19)40(36,37)24-8-7-22(38-24)17-26-25(31)18-3-1-5-21(15-18)29(32)33;25-23(26)16-3-1-5-19(13-16)28-18-9-11-29(12-10-18)37(34,35)22-8-7-21(36-22)15-27-24(31)17-4-2-6-20(14-17)30(32)33/h1-8,15-16,19,27,30H,9-14,17H2,(H,26,31);1-8,13-14,18,28H,9-12,15H2,(H3,25,26)(H,27,31). The maximum absolute atomic E-state index is 13.2. The number of nitrogens with zero attached hydrogens (tertiary/aromatic N) is 4. The molecule has 8 rings (SSSR count). The molecule has 408 valence electrons. The summed E-state index contributed by atoms with van der Waals surface area (Å²) in [6.07, 6.45) is 2.29. The normalized spacial score (nSPS) is 14.9. The van der Waals surface area contributed by atoms with Crippen molar-refractivity contribution in [2.45, 2.75) is 64.2 Å². The second-order valence-corrected chi connectivity index (χ2v) is 26.4. The van der Waals surface area contributed by atoms with Gasteiger partial charge in [-0.1, -0.05) is 30.3 Å². The first-order valence-corrected chi connectivity index (χ1v) is 29.9. The number of nitrogen functional groups attached to an aromatic ring is 1. The summed E-state index contributed by atoms with van der Waals surface area (Å²) in [5.41, 5.74) is 7.53. The average Bonchev–Trinajstić information content (AvgIpc) is 4.13. The largest absolute Gasteiger partial charge is 0.395 e. The highest BCUT2D eigenvalue weighted by Gasteiger charge is 2.32. The number of rotatable bonds is 20. The van der Waals surface area contributed by atoms with Crippen LogP contribution in [0, 0.1) is 25.6 Å². The van der Waals surface area contributed by atoms with Gasteiger partial charge in [-0.15, -0.1) is 22.7 Å². The second kappa shape index (κ2) is 25.3. The quantitative estimate of drug-likeness (QED) is 0.0207. The van der Waals surface area contributed by atoms with Gasteiger partial charge in [0.2, 0.25) is 0 Å². The molecule has 6 aromatic rings. The van der Waals surface area contributed by atoms with Crippen molar-refractivity contribution in [2.75, 3.05) is 49.2 Å². The average molecular weight is 1150 g/mol. The van der Waals surface area contributed by atoms with Gasteiger partial charge in [-0.3, -0.25) is 35.2 Å². The Labute approximate surface area is 452 Å². The fourth-order valence-corrected chi connectivity index (χ4v) is 15.2. The number of aliphatic hydroxyl groups excluding tert-OH is 1.